The van der Waals surface area contributed by atoms with Crippen molar-refractivity contribution in [3.8, 4) is 0 Å². The first-order valence-electron chi connectivity index (χ1n) is 10.9. The molecule has 3 N–H and O–H groups in total. The van der Waals surface area contributed by atoms with Crippen LogP contribution in [-0.4, -0.2) is 45.2 Å². The highest BCUT2D eigenvalue weighted by atomic mass is 16.2. The molecule has 154 valence electrons. The summed E-state index contributed by atoms with van der Waals surface area (Å²) in [7, 11) is 0. The zero-order valence-electron chi connectivity index (χ0n) is 17.8. The van der Waals surface area contributed by atoms with Crippen molar-refractivity contribution in [1.82, 2.24) is 0 Å². The maximum atomic E-state index is 12.4. The molecular formula is C25H35N3O+2. The Kier molecular flexibility index (Phi) is 8.03. The molecule has 1 saturated heterocycles. The van der Waals surface area contributed by atoms with E-state index in [4.69, 9.17) is 0 Å². The van der Waals surface area contributed by atoms with E-state index < -0.39 is 0 Å². The zero-order chi connectivity index (χ0) is 20.5. The molecule has 29 heavy (non-hydrogen) atoms. The number of carbonyl (C=O) groups excluding carboxylic acids is 1. The van der Waals surface area contributed by atoms with Crippen LogP contribution >= 0.6 is 0 Å². The Labute approximate surface area is 175 Å². The minimum atomic E-state index is 0.115. The topological polar surface area (TPSA) is 38.0 Å². The third-order valence-electron chi connectivity index (χ3n) is 5.97. The minimum absolute atomic E-state index is 0.115. The van der Waals surface area contributed by atoms with Gasteiger partial charge in [0.05, 0.1) is 6.54 Å². The molecule has 4 nitrogen and oxygen atoms in total. The van der Waals surface area contributed by atoms with Crippen LogP contribution in [0.3, 0.4) is 0 Å². The predicted molar refractivity (Wildman–Crippen MR) is 120 cm³/mol. The quantitative estimate of drug-likeness (QED) is 0.627. The Morgan fingerprint density at radius 3 is 2.31 bits per heavy atom. The normalized spacial score (nSPS) is 20.5. The van der Waals surface area contributed by atoms with Gasteiger partial charge in [-0.1, -0.05) is 62.4 Å². The number of rotatable bonds is 8. The van der Waals surface area contributed by atoms with Gasteiger partial charge in [0.1, 0.15) is 26.2 Å². The molecule has 1 atom stereocenters. The van der Waals surface area contributed by atoms with Gasteiger partial charge in [0.15, 0.2) is 6.54 Å². The molecule has 1 heterocycles. The first-order valence-corrected chi connectivity index (χ1v) is 10.9. The van der Waals surface area contributed by atoms with Crippen LogP contribution in [0.4, 0.5) is 5.69 Å². The van der Waals surface area contributed by atoms with Gasteiger partial charge >= 0.3 is 0 Å². The van der Waals surface area contributed by atoms with Crippen molar-refractivity contribution in [3.05, 3.63) is 71.8 Å². The average molecular weight is 394 g/mol. The predicted octanol–water partition coefficient (Wildman–Crippen LogP) is 1.64. The van der Waals surface area contributed by atoms with E-state index in [9.17, 15) is 4.79 Å². The minimum Gasteiger partial charge on any atom is -0.322 e. The van der Waals surface area contributed by atoms with E-state index in [0.29, 0.717) is 12.5 Å². The lowest BCUT2D eigenvalue weighted by molar-refractivity contribution is -1.01. The summed E-state index contributed by atoms with van der Waals surface area (Å²) >= 11 is 0. The molecule has 0 aromatic heterocycles. The zero-order valence-corrected chi connectivity index (χ0v) is 17.8. The molecule has 0 bridgehead atoms. The summed E-state index contributed by atoms with van der Waals surface area (Å²) in [6, 6.07) is 18.7. The van der Waals surface area contributed by atoms with Gasteiger partial charge in [-0.2, -0.15) is 0 Å². The van der Waals surface area contributed by atoms with Crippen LogP contribution in [0.1, 0.15) is 37.3 Å². The van der Waals surface area contributed by atoms with Crippen molar-refractivity contribution in [2.45, 2.75) is 26.2 Å². The Hall–Kier alpha value is -2.43. The third-order valence-corrected chi connectivity index (χ3v) is 5.97. The lowest BCUT2D eigenvalue weighted by Crippen LogP contribution is -3.28. The summed E-state index contributed by atoms with van der Waals surface area (Å²) in [5, 5.41) is 3.06. The number of benzene rings is 2. The molecule has 3 rings (SSSR count). The number of piperazine rings is 1. The molecule has 1 fully saturated rings. The van der Waals surface area contributed by atoms with E-state index in [1.54, 1.807) is 4.90 Å². The smallest absolute Gasteiger partial charge is 0.279 e. The lowest BCUT2D eigenvalue weighted by atomic mass is 9.99. The summed E-state index contributed by atoms with van der Waals surface area (Å²) in [5.41, 5.74) is 3.48. The van der Waals surface area contributed by atoms with E-state index in [1.165, 1.54) is 16.0 Å². The second-order valence-corrected chi connectivity index (χ2v) is 8.17. The van der Waals surface area contributed by atoms with Gasteiger partial charge in [-0.25, -0.2) is 0 Å². The highest BCUT2D eigenvalue weighted by molar-refractivity contribution is 5.91. The fourth-order valence-corrected chi connectivity index (χ4v) is 3.83. The van der Waals surface area contributed by atoms with Gasteiger partial charge in [-0.05, 0) is 41.7 Å². The van der Waals surface area contributed by atoms with Crippen LogP contribution < -0.4 is 15.1 Å². The van der Waals surface area contributed by atoms with Crippen LogP contribution in [0, 0.1) is 0 Å². The van der Waals surface area contributed by atoms with Gasteiger partial charge in [0.2, 0.25) is 0 Å². The van der Waals surface area contributed by atoms with Crippen molar-refractivity contribution in [3.63, 3.8) is 0 Å². The van der Waals surface area contributed by atoms with Crippen LogP contribution in [0.2, 0.25) is 0 Å². The molecule has 4 heteroatoms. The Balaban J connectivity index is 1.37. The number of hydrogen-bond acceptors (Lipinski definition) is 1. The van der Waals surface area contributed by atoms with Gasteiger partial charge in [-0.15, -0.1) is 0 Å². The second kappa shape index (κ2) is 10.9. The fraction of sp³-hybridized carbons (Fsp3) is 0.400. The van der Waals surface area contributed by atoms with Crippen LogP contribution in [-0.2, 0) is 4.79 Å². The molecule has 0 unspecified atom stereocenters. The number of anilines is 1. The molecule has 1 aliphatic rings. The molecule has 0 saturated carbocycles. The Morgan fingerprint density at radius 1 is 1.00 bits per heavy atom. The summed E-state index contributed by atoms with van der Waals surface area (Å²) in [6.07, 6.45) is 5.60. The Bertz CT molecular complexity index is 777. The van der Waals surface area contributed by atoms with Gasteiger partial charge in [0, 0.05) is 5.69 Å². The maximum absolute atomic E-state index is 12.4. The SMILES string of the molecule is CC[C@H](C)c1ccc(NC(=O)C[NH+]2CC[NH+](C/C=C/c3ccccc3)CC2)cc1. The largest absolute Gasteiger partial charge is 0.322 e. The van der Waals surface area contributed by atoms with Gasteiger partial charge in [-0.3, -0.25) is 4.79 Å². The summed E-state index contributed by atoms with van der Waals surface area (Å²) in [6.45, 7) is 10.4. The van der Waals surface area contributed by atoms with Crippen LogP contribution in [0.15, 0.2) is 60.7 Å². The van der Waals surface area contributed by atoms with E-state index in [0.717, 1.165) is 44.8 Å². The highest BCUT2D eigenvalue weighted by Gasteiger charge is 2.24. The molecule has 2 aromatic carbocycles. The first-order chi connectivity index (χ1) is 14.1. The maximum Gasteiger partial charge on any atom is 0.279 e. The number of nitrogens with one attached hydrogen (secondary N) is 3. The number of hydrogen-bond donors (Lipinski definition) is 3. The van der Waals surface area contributed by atoms with E-state index in [2.05, 4.69) is 67.7 Å². The highest BCUT2D eigenvalue weighted by Crippen LogP contribution is 2.20. The average Bonchev–Trinajstić information content (AvgIpc) is 2.75. The number of amides is 1. The molecule has 0 aliphatic carbocycles. The Morgan fingerprint density at radius 2 is 1.66 bits per heavy atom. The monoisotopic (exact) mass is 393 g/mol. The van der Waals surface area contributed by atoms with Gasteiger partial charge in [0.25, 0.3) is 5.91 Å². The molecule has 2 aromatic rings. The second-order valence-electron chi connectivity index (χ2n) is 8.17. The fourth-order valence-electron chi connectivity index (χ4n) is 3.83. The summed E-state index contributed by atoms with van der Waals surface area (Å²) < 4.78 is 0. The number of quaternary nitrogens is 2. The number of carbonyl (C=O) groups is 1. The van der Waals surface area contributed by atoms with E-state index in [1.807, 2.05) is 18.2 Å². The van der Waals surface area contributed by atoms with E-state index in [-0.39, 0.29) is 5.91 Å². The summed E-state index contributed by atoms with van der Waals surface area (Å²) in [5.74, 6) is 0.675. The van der Waals surface area contributed by atoms with Crippen molar-refractivity contribution in [2.24, 2.45) is 0 Å². The molecular weight excluding hydrogens is 358 g/mol. The van der Waals surface area contributed by atoms with Gasteiger partial charge < -0.3 is 15.1 Å². The summed E-state index contributed by atoms with van der Waals surface area (Å²) in [4.78, 5) is 15.4. The third kappa shape index (κ3) is 6.84. The van der Waals surface area contributed by atoms with Crippen molar-refractivity contribution < 1.29 is 14.6 Å². The van der Waals surface area contributed by atoms with Crippen molar-refractivity contribution in [1.29, 1.82) is 0 Å². The molecule has 1 aliphatic heterocycles. The standard InChI is InChI=1S/C25H33N3O/c1-3-21(2)23-11-13-24(14-12-23)26-25(29)20-28-18-16-27(17-19-28)15-7-10-22-8-5-4-6-9-22/h4-14,21H,3,15-20H2,1-2H3,(H,26,29)/p+2/b10-7+/t21-/m0/s1. The first kappa shape index (κ1) is 21.3. The van der Waals surface area contributed by atoms with Crippen LogP contribution in [0.5, 0.6) is 0 Å². The molecule has 1 amide bonds. The molecule has 0 spiro atoms. The van der Waals surface area contributed by atoms with E-state index >= 15 is 0 Å². The van der Waals surface area contributed by atoms with Crippen molar-refractivity contribution >= 4 is 17.7 Å². The van der Waals surface area contributed by atoms with Crippen LogP contribution in [0.25, 0.3) is 6.08 Å². The van der Waals surface area contributed by atoms with Crippen molar-refractivity contribution in [2.75, 3.05) is 44.6 Å². The molecule has 0 radical (unpaired) electrons. The lowest BCUT2D eigenvalue weighted by Gasteiger charge is -2.28.